The molecule has 3 aromatic carbocycles. The van der Waals surface area contributed by atoms with Crippen molar-refractivity contribution in [1.29, 1.82) is 0 Å². The molecule has 2 aliphatic carbocycles. The second-order valence-corrected chi connectivity index (χ2v) is 10.5. The van der Waals surface area contributed by atoms with Gasteiger partial charge in [-0.1, -0.05) is 59.6 Å². The zero-order valence-electron chi connectivity index (χ0n) is 18.2. The monoisotopic (exact) mass is 476 g/mol. The molecule has 2 bridgehead atoms. The molecule has 1 amide bonds. The molecule has 33 heavy (non-hydrogen) atoms. The molecule has 1 aliphatic heterocycles. The van der Waals surface area contributed by atoms with Crippen molar-refractivity contribution in [3.8, 4) is 0 Å². The van der Waals surface area contributed by atoms with Crippen molar-refractivity contribution < 1.29 is 4.79 Å². The maximum absolute atomic E-state index is 13.0. The minimum absolute atomic E-state index is 0.0753. The highest BCUT2D eigenvalue weighted by Crippen LogP contribution is 2.63. The predicted molar refractivity (Wildman–Crippen MR) is 134 cm³/mol. The number of fused-ring (bicyclic) bond motifs is 7. The van der Waals surface area contributed by atoms with E-state index in [2.05, 4.69) is 53.1 Å². The van der Waals surface area contributed by atoms with Gasteiger partial charge in [-0.2, -0.15) is 0 Å². The molecule has 6 rings (SSSR count). The number of hydrogen-bond donors (Lipinski definition) is 2. The fourth-order valence-corrected chi connectivity index (χ4v) is 7.04. The molecule has 1 heterocycles. The van der Waals surface area contributed by atoms with Gasteiger partial charge in [-0.25, -0.2) is 0 Å². The van der Waals surface area contributed by atoms with Crippen LogP contribution >= 0.6 is 23.2 Å². The summed E-state index contributed by atoms with van der Waals surface area (Å²) in [6.07, 6.45) is 3.94. The quantitative estimate of drug-likeness (QED) is 0.417. The van der Waals surface area contributed by atoms with Crippen LogP contribution in [0.25, 0.3) is 0 Å². The van der Waals surface area contributed by atoms with E-state index in [0.717, 1.165) is 17.4 Å². The van der Waals surface area contributed by atoms with Gasteiger partial charge in [0.2, 0.25) is 0 Å². The van der Waals surface area contributed by atoms with Gasteiger partial charge in [-0.15, -0.1) is 0 Å². The third kappa shape index (κ3) is 3.72. The van der Waals surface area contributed by atoms with Crippen molar-refractivity contribution >= 4 is 34.8 Å². The first-order valence-corrected chi connectivity index (χ1v) is 12.5. The summed E-state index contributed by atoms with van der Waals surface area (Å²) in [4.78, 5) is 13.0. The second-order valence-electron chi connectivity index (χ2n) is 9.69. The summed E-state index contributed by atoms with van der Waals surface area (Å²) in [6, 6.07) is 22.7. The van der Waals surface area contributed by atoms with Crippen LogP contribution in [0.2, 0.25) is 10.0 Å². The minimum Gasteiger partial charge on any atom is -0.378 e. The average molecular weight is 477 g/mol. The molecule has 5 atom stereocenters. The SMILES string of the molecule is O=C(NCc1ccc(Cl)cc1Cl)c1ccc2c(c1)[C@@H]1[C@H]3CC[C@@H](C3)[C@@H]1[C@@H](c1ccccc1)N2. The van der Waals surface area contributed by atoms with Crippen molar-refractivity contribution in [2.75, 3.05) is 5.32 Å². The number of halogens is 2. The molecule has 3 aromatic rings. The number of hydrogen-bond acceptors (Lipinski definition) is 2. The highest BCUT2D eigenvalue weighted by Gasteiger charge is 2.53. The molecule has 2 saturated carbocycles. The van der Waals surface area contributed by atoms with Crippen LogP contribution in [-0.2, 0) is 6.54 Å². The summed E-state index contributed by atoms with van der Waals surface area (Å²) in [5, 5.41) is 8.02. The molecule has 2 fully saturated rings. The summed E-state index contributed by atoms with van der Waals surface area (Å²) in [6.45, 7) is 0.372. The normalized spacial score (nSPS) is 26.9. The van der Waals surface area contributed by atoms with Crippen LogP contribution in [0.5, 0.6) is 0 Å². The number of carbonyl (C=O) groups excluding carboxylic acids is 1. The fourth-order valence-electron chi connectivity index (χ4n) is 6.56. The van der Waals surface area contributed by atoms with Gasteiger partial charge in [0.25, 0.3) is 5.91 Å². The molecule has 0 aromatic heterocycles. The Hall–Kier alpha value is -2.49. The Kier molecular flexibility index (Phi) is 5.35. The van der Waals surface area contributed by atoms with E-state index in [1.165, 1.54) is 36.1 Å². The molecule has 5 heteroatoms. The van der Waals surface area contributed by atoms with Gasteiger partial charge in [-0.3, -0.25) is 4.79 Å². The smallest absolute Gasteiger partial charge is 0.251 e. The Morgan fingerprint density at radius 3 is 2.61 bits per heavy atom. The van der Waals surface area contributed by atoms with E-state index in [1.54, 1.807) is 12.1 Å². The van der Waals surface area contributed by atoms with Crippen LogP contribution in [0.15, 0.2) is 66.7 Å². The van der Waals surface area contributed by atoms with E-state index in [0.29, 0.717) is 40.0 Å². The molecule has 0 saturated heterocycles. The van der Waals surface area contributed by atoms with Crippen LogP contribution in [0.4, 0.5) is 5.69 Å². The number of amides is 1. The molecule has 3 nitrogen and oxygen atoms in total. The van der Waals surface area contributed by atoms with E-state index in [1.807, 2.05) is 12.1 Å². The molecule has 0 radical (unpaired) electrons. The Labute approximate surface area is 204 Å². The van der Waals surface area contributed by atoms with Crippen LogP contribution in [0.3, 0.4) is 0 Å². The second kappa shape index (κ2) is 8.38. The Morgan fingerprint density at radius 1 is 0.970 bits per heavy atom. The van der Waals surface area contributed by atoms with E-state index < -0.39 is 0 Å². The Bertz CT molecular complexity index is 1210. The first-order chi connectivity index (χ1) is 16.1. The summed E-state index contributed by atoms with van der Waals surface area (Å²) < 4.78 is 0. The number of rotatable bonds is 4. The lowest BCUT2D eigenvalue weighted by Gasteiger charge is -2.43. The van der Waals surface area contributed by atoms with E-state index in [9.17, 15) is 4.79 Å². The van der Waals surface area contributed by atoms with Crippen LogP contribution in [0, 0.1) is 17.8 Å². The third-order valence-corrected chi connectivity index (χ3v) is 8.55. The molecular weight excluding hydrogens is 451 g/mol. The van der Waals surface area contributed by atoms with Crippen LogP contribution in [-0.4, -0.2) is 5.91 Å². The van der Waals surface area contributed by atoms with E-state index in [4.69, 9.17) is 23.2 Å². The summed E-state index contributed by atoms with van der Waals surface area (Å²) >= 11 is 12.3. The summed E-state index contributed by atoms with van der Waals surface area (Å²) in [5.74, 6) is 2.51. The van der Waals surface area contributed by atoms with Gasteiger partial charge in [0.05, 0.1) is 6.04 Å². The van der Waals surface area contributed by atoms with Gasteiger partial charge in [0, 0.05) is 27.8 Å². The maximum atomic E-state index is 13.0. The average Bonchev–Trinajstić information content (AvgIpc) is 3.46. The van der Waals surface area contributed by atoms with Gasteiger partial charge < -0.3 is 10.6 Å². The lowest BCUT2D eigenvalue weighted by molar-refractivity contribution is 0.0950. The molecular formula is C28H26Cl2N2O. The Balaban J connectivity index is 1.28. The molecule has 3 aliphatic rings. The van der Waals surface area contributed by atoms with Crippen molar-refractivity contribution in [1.82, 2.24) is 5.32 Å². The Morgan fingerprint density at radius 2 is 1.79 bits per heavy atom. The number of benzene rings is 3. The van der Waals surface area contributed by atoms with Crippen molar-refractivity contribution in [2.45, 2.75) is 37.8 Å². The lowest BCUT2D eigenvalue weighted by atomic mass is 9.68. The zero-order chi connectivity index (χ0) is 22.5. The number of anilines is 1. The topological polar surface area (TPSA) is 41.1 Å². The van der Waals surface area contributed by atoms with Crippen molar-refractivity contribution in [2.24, 2.45) is 17.8 Å². The summed E-state index contributed by atoms with van der Waals surface area (Å²) in [5.41, 5.74) is 5.42. The molecule has 168 valence electrons. The largest absolute Gasteiger partial charge is 0.378 e. The van der Waals surface area contributed by atoms with Crippen molar-refractivity contribution in [3.63, 3.8) is 0 Å². The highest BCUT2D eigenvalue weighted by molar-refractivity contribution is 6.35. The summed E-state index contributed by atoms with van der Waals surface area (Å²) in [7, 11) is 0. The molecule has 2 N–H and O–H groups in total. The third-order valence-electron chi connectivity index (χ3n) is 7.96. The van der Waals surface area contributed by atoms with Gasteiger partial charge >= 0.3 is 0 Å². The van der Waals surface area contributed by atoms with Crippen molar-refractivity contribution in [3.05, 3.63) is 99.0 Å². The fraction of sp³-hybridized carbons (Fsp3) is 0.321. The van der Waals surface area contributed by atoms with Crippen LogP contribution in [0.1, 0.15) is 58.3 Å². The number of carbonyl (C=O) groups is 1. The lowest BCUT2D eigenvalue weighted by Crippen LogP contribution is -2.35. The van der Waals surface area contributed by atoms with E-state index >= 15 is 0 Å². The van der Waals surface area contributed by atoms with Gasteiger partial charge in [0.15, 0.2) is 0 Å². The zero-order valence-corrected chi connectivity index (χ0v) is 19.7. The standard InChI is InChI=1S/C28H26Cl2N2O/c29-21-10-8-20(23(30)14-21)15-31-28(33)19-9-11-24-22(13-19)25-17-6-7-18(12-17)26(25)27(32-24)16-4-2-1-3-5-16/h1-5,8-11,13-14,17-18,25-27,32H,6-7,12,15H2,(H,31,33)/t17-,18-,25-,26-,27+/m0/s1. The predicted octanol–water partition coefficient (Wildman–Crippen LogP) is 7.22. The van der Waals surface area contributed by atoms with Gasteiger partial charge in [-0.05, 0) is 90.0 Å². The maximum Gasteiger partial charge on any atom is 0.251 e. The number of nitrogens with one attached hydrogen (secondary N) is 2. The molecule has 0 unspecified atom stereocenters. The minimum atomic E-state index is -0.0753. The first kappa shape index (κ1) is 21.1. The van der Waals surface area contributed by atoms with E-state index in [-0.39, 0.29) is 5.91 Å². The molecule has 0 spiro atoms. The first-order valence-electron chi connectivity index (χ1n) is 11.8. The highest BCUT2D eigenvalue weighted by atomic mass is 35.5. The van der Waals surface area contributed by atoms with Crippen LogP contribution < -0.4 is 10.6 Å². The van der Waals surface area contributed by atoms with Gasteiger partial charge in [0.1, 0.15) is 0 Å².